The summed E-state index contributed by atoms with van der Waals surface area (Å²) >= 11 is 1.68. The van der Waals surface area contributed by atoms with E-state index < -0.39 is 5.54 Å². The van der Waals surface area contributed by atoms with Crippen molar-refractivity contribution in [2.24, 2.45) is 5.73 Å². The smallest absolute Gasteiger partial charge is 0.237 e. The van der Waals surface area contributed by atoms with Gasteiger partial charge in [0, 0.05) is 11.4 Å². The Balaban J connectivity index is 2.05. The standard InChI is InChI=1S/C15H18N2OS/c1-15(2,14(16)18)17-9-13-8-12(10-19-13)11-6-4-3-5-7-11/h3-8,10,17H,9H2,1-2H3,(H2,16,18). The number of hydrogen-bond donors (Lipinski definition) is 2. The van der Waals surface area contributed by atoms with E-state index in [1.165, 1.54) is 16.0 Å². The van der Waals surface area contributed by atoms with E-state index in [1.54, 1.807) is 25.2 Å². The van der Waals surface area contributed by atoms with Crippen LogP contribution < -0.4 is 11.1 Å². The molecule has 19 heavy (non-hydrogen) atoms. The number of hydrogen-bond acceptors (Lipinski definition) is 3. The summed E-state index contributed by atoms with van der Waals surface area (Å²) in [6.45, 7) is 4.23. The number of carbonyl (C=O) groups excluding carboxylic acids is 1. The highest BCUT2D eigenvalue weighted by molar-refractivity contribution is 7.10. The molecule has 1 aromatic carbocycles. The Bertz CT molecular complexity index is 561. The number of nitrogens with two attached hydrogens (primary N) is 1. The quantitative estimate of drug-likeness (QED) is 0.881. The Hall–Kier alpha value is -1.65. The number of nitrogens with one attached hydrogen (secondary N) is 1. The first-order valence-corrected chi connectivity index (χ1v) is 7.05. The van der Waals surface area contributed by atoms with Crippen molar-refractivity contribution in [1.82, 2.24) is 5.32 Å². The molecule has 0 radical (unpaired) electrons. The molecule has 0 aliphatic rings. The molecule has 2 aromatic rings. The van der Waals surface area contributed by atoms with Crippen LogP contribution in [0.5, 0.6) is 0 Å². The fourth-order valence-electron chi connectivity index (χ4n) is 1.65. The van der Waals surface area contributed by atoms with E-state index in [4.69, 9.17) is 5.73 Å². The molecule has 4 heteroatoms. The van der Waals surface area contributed by atoms with Crippen LogP contribution in [0.25, 0.3) is 11.1 Å². The molecule has 0 unspecified atom stereocenters. The molecular weight excluding hydrogens is 256 g/mol. The van der Waals surface area contributed by atoms with Crippen molar-refractivity contribution in [2.45, 2.75) is 25.9 Å². The van der Waals surface area contributed by atoms with Gasteiger partial charge >= 0.3 is 0 Å². The number of rotatable bonds is 5. The molecule has 2 rings (SSSR count). The van der Waals surface area contributed by atoms with Gasteiger partial charge in [-0.05, 0) is 36.4 Å². The van der Waals surface area contributed by atoms with E-state index in [0.29, 0.717) is 6.54 Å². The third-order valence-corrected chi connectivity index (χ3v) is 4.02. The molecule has 0 saturated heterocycles. The number of thiophene rings is 1. The predicted molar refractivity (Wildman–Crippen MR) is 79.9 cm³/mol. The molecule has 1 heterocycles. The summed E-state index contributed by atoms with van der Waals surface area (Å²) < 4.78 is 0. The summed E-state index contributed by atoms with van der Waals surface area (Å²) in [5, 5.41) is 5.30. The van der Waals surface area contributed by atoms with Crippen LogP contribution in [0.15, 0.2) is 41.8 Å². The summed E-state index contributed by atoms with van der Waals surface area (Å²) in [5.41, 5.74) is 7.06. The van der Waals surface area contributed by atoms with Crippen molar-refractivity contribution in [3.05, 3.63) is 46.7 Å². The SMILES string of the molecule is CC(C)(NCc1cc(-c2ccccc2)cs1)C(N)=O. The second kappa shape index (κ2) is 5.55. The zero-order valence-corrected chi connectivity index (χ0v) is 12.0. The van der Waals surface area contributed by atoms with Crippen LogP contribution in [-0.4, -0.2) is 11.4 Å². The van der Waals surface area contributed by atoms with Gasteiger partial charge in [-0.3, -0.25) is 10.1 Å². The zero-order chi connectivity index (χ0) is 13.9. The second-order valence-corrected chi connectivity index (χ2v) is 6.01. The molecule has 0 aliphatic heterocycles. The van der Waals surface area contributed by atoms with Crippen molar-refractivity contribution in [1.29, 1.82) is 0 Å². The molecule has 1 amide bonds. The van der Waals surface area contributed by atoms with E-state index in [-0.39, 0.29) is 5.91 Å². The molecule has 3 nitrogen and oxygen atoms in total. The lowest BCUT2D eigenvalue weighted by molar-refractivity contribution is -0.123. The molecule has 0 aliphatic carbocycles. The Labute approximate surface area is 117 Å². The molecular formula is C15H18N2OS. The Morgan fingerprint density at radius 2 is 1.95 bits per heavy atom. The molecule has 0 bridgehead atoms. The minimum Gasteiger partial charge on any atom is -0.368 e. The fourth-order valence-corrected chi connectivity index (χ4v) is 2.48. The van der Waals surface area contributed by atoms with Crippen LogP contribution in [0.4, 0.5) is 0 Å². The minimum absolute atomic E-state index is 0.340. The Morgan fingerprint density at radius 3 is 2.58 bits per heavy atom. The van der Waals surface area contributed by atoms with E-state index in [9.17, 15) is 4.79 Å². The average molecular weight is 274 g/mol. The van der Waals surface area contributed by atoms with Gasteiger partial charge in [0.15, 0.2) is 0 Å². The van der Waals surface area contributed by atoms with Crippen LogP contribution in [0, 0.1) is 0 Å². The highest BCUT2D eigenvalue weighted by Gasteiger charge is 2.23. The highest BCUT2D eigenvalue weighted by Crippen LogP contribution is 2.25. The number of primary amides is 1. The van der Waals surface area contributed by atoms with E-state index in [1.807, 2.05) is 18.2 Å². The van der Waals surface area contributed by atoms with E-state index >= 15 is 0 Å². The molecule has 0 atom stereocenters. The van der Waals surface area contributed by atoms with Crippen molar-refractivity contribution in [2.75, 3.05) is 0 Å². The maximum absolute atomic E-state index is 11.2. The molecule has 0 fully saturated rings. The summed E-state index contributed by atoms with van der Waals surface area (Å²) in [7, 11) is 0. The van der Waals surface area contributed by atoms with Gasteiger partial charge in [-0.1, -0.05) is 30.3 Å². The molecule has 3 N–H and O–H groups in total. The van der Waals surface area contributed by atoms with E-state index in [0.717, 1.165) is 0 Å². The number of amides is 1. The molecule has 100 valence electrons. The molecule has 0 saturated carbocycles. The third kappa shape index (κ3) is 3.43. The first-order valence-electron chi connectivity index (χ1n) is 6.17. The zero-order valence-electron chi connectivity index (χ0n) is 11.1. The molecule has 1 aromatic heterocycles. The first kappa shape index (κ1) is 13.8. The van der Waals surface area contributed by atoms with Crippen molar-refractivity contribution >= 4 is 17.2 Å². The van der Waals surface area contributed by atoms with Crippen LogP contribution in [-0.2, 0) is 11.3 Å². The minimum atomic E-state index is -0.684. The van der Waals surface area contributed by atoms with Crippen LogP contribution >= 0.6 is 11.3 Å². The van der Waals surface area contributed by atoms with E-state index in [2.05, 4.69) is 28.9 Å². The third-order valence-electron chi connectivity index (χ3n) is 3.08. The van der Waals surface area contributed by atoms with Gasteiger partial charge in [0.2, 0.25) is 5.91 Å². The van der Waals surface area contributed by atoms with Crippen molar-refractivity contribution < 1.29 is 4.79 Å². The van der Waals surface area contributed by atoms with Gasteiger partial charge in [0.25, 0.3) is 0 Å². The largest absolute Gasteiger partial charge is 0.368 e. The van der Waals surface area contributed by atoms with Gasteiger partial charge in [-0.2, -0.15) is 0 Å². The highest BCUT2D eigenvalue weighted by atomic mass is 32.1. The number of benzene rings is 1. The number of carbonyl (C=O) groups is 1. The lowest BCUT2D eigenvalue weighted by atomic mass is 10.1. The van der Waals surface area contributed by atoms with Crippen LogP contribution in [0.3, 0.4) is 0 Å². The monoisotopic (exact) mass is 274 g/mol. The van der Waals surface area contributed by atoms with Gasteiger partial charge in [0.1, 0.15) is 0 Å². The van der Waals surface area contributed by atoms with Gasteiger partial charge in [-0.25, -0.2) is 0 Å². The fraction of sp³-hybridized carbons (Fsp3) is 0.267. The van der Waals surface area contributed by atoms with Crippen LogP contribution in [0.2, 0.25) is 0 Å². The summed E-state index contributed by atoms with van der Waals surface area (Å²) in [5.74, 6) is -0.340. The lowest BCUT2D eigenvalue weighted by Crippen LogP contribution is -2.50. The summed E-state index contributed by atoms with van der Waals surface area (Å²) in [4.78, 5) is 12.4. The average Bonchev–Trinajstić information content (AvgIpc) is 2.86. The van der Waals surface area contributed by atoms with Gasteiger partial charge in [-0.15, -0.1) is 11.3 Å². The lowest BCUT2D eigenvalue weighted by Gasteiger charge is -2.21. The topological polar surface area (TPSA) is 55.1 Å². The first-order chi connectivity index (χ1) is 8.99. The second-order valence-electron chi connectivity index (χ2n) is 5.01. The maximum atomic E-state index is 11.2. The van der Waals surface area contributed by atoms with Crippen molar-refractivity contribution in [3.63, 3.8) is 0 Å². The Kier molecular flexibility index (Phi) is 4.02. The van der Waals surface area contributed by atoms with Gasteiger partial charge < -0.3 is 5.73 Å². The molecule has 0 spiro atoms. The normalized spacial score (nSPS) is 11.5. The van der Waals surface area contributed by atoms with Crippen LogP contribution in [0.1, 0.15) is 18.7 Å². The summed E-state index contributed by atoms with van der Waals surface area (Å²) in [6.07, 6.45) is 0. The maximum Gasteiger partial charge on any atom is 0.237 e. The van der Waals surface area contributed by atoms with Crippen molar-refractivity contribution in [3.8, 4) is 11.1 Å². The summed E-state index contributed by atoms with van der Waals surface area (Å²) in [6, 6.07) is 12.4. The predicted octanol–water partition coefficient (Wildman–Crippen LogP) is 2.77. The van der Waals surface area contributed by atoms with Gasteiger partial charge in [0.05, 0.1) is 5.54 Å². The Morgan fingerprint density at radius 1 is 1.26 bits per heavy atom.